The lowest BCUT2D eigenvalue weighted by atomic mass is 9.43. The van der Waals surface area contributed by atoms with Crippen molar-refractivity contribution in [2.45, 2.75) is 288 Å². The molecule has 10 nitrogen and oxygen atoms in total. The lowest BCUT2D eigenvalue weighted by Crippen LogP contribution is -2.59. The van der Waals surface area contributed by atoms with Crippen LogP contribution in [0.1, 0.15) is 252 Å². The molecule has 0 bridgehead atoms. The van der Waals surface area contributed by atoms with E-state index in [1.807, 2.05) is 48.5 Å². The Balaban J connectivity index is 0.000000219. The van der Waals surface area contributed by atoms with Crippen molar-refractivity contribution in [1.82, 2.24) is 0 Å². The van der Waals surface area contributed by atoms with Crippen molar-refractivity contribution in [3.8, 4) is 0 Å². The minimum atomic E-state index is -0.407. The van der Waals surface area contributed by atoms with Crippen LogP contribution < -0.4 is 0 Å². The summed E-state index contributed by atoms with van der Waals surface area (Å²) in [5, 5.41) is 30.3. The van der Waals surface area contributed by atoms with Crippen LogP contribution in [0.5, 0.6) is 0 Å². The summed E-state index contributed by atoms with van der Waals surface area (Å²) < 4.78 is 17.9. The van der Waals surface area contributed by atoms with Gasteiger partial charge in [0.1, 0.15) is 18.3 Å². The van der Waals surface area contributed by atoms with Gasteiger partial charge in [-0.2, -0.15) is 0 Å². The SMILES string of the molecule is CCC(C)(C)C(=O)OC1CCC2(C)C(CCC3C2CC(O)C2(C)C(C(C)CCC(C)OO)CCC32)C1.CCOC(C)C(CCC(C)C1CCC2C3CCC4CC(OC(=O)C(C)(C)CC)CCC4(C)C3CCC12C)OO. The fourth-order valence-electron chi connectivity index (χ4n) is 19.6. The second kappa shape index (κ2) is 24.4. The van der Waals surface area contributed by atoms with Gasteiger partial charge in [-0.25, -0.2) is 9.78 Å². The summed E-state index contributed by atoms with van der Waals surface area (Å²) in [6, 6.07) is 0. The topological polar surface area (TPSA) is 141 Å². The first-order chi connectivity index (χ1) is 35.3. The second-order valence-electron chi connectivity index (χ2n) is 29.8. The summed E-state index contributed by atoms with van der Waals surface area (Å²) in [6.45, 7) is 33.6. The maximum absolute atomic E-state index is 12.8. The van der Waals surface area contributed by atoms with Crippen molar-refractivity contribution in [3.05, 3.63) is 0 Å². The Hall–Kier alpha value is -1.30. The van der Waals surface area contributed by atoms with Crippen LogP contribution in [-0.2, 0) is 33.6 Å². The van der Waals surface area contributed by atoms with Crippen LogP contribution in [0.3, 0.4) is 0 Å². The third-order valence-electron chi connectivity index (χ3n) is 25.5. The van der Waals surface area contributed by atoms with Gasteiger partial charge >= 0.3 is 11.9 Å². The molecule has 3 N–H and O–H groups in total. The average Bonchev–Trinajstić information content (AvgIpc) is 3.94. The molecule has 0 spiro atoms. The van der Waals surface area contributed by atoms with Crippen molar-refractivity contribution in [2.24, 2.45) is 104 Å². The smallest absolute Gasteiger partial charge is 0.311 e. The zero-order chi connectivity index (χ0) is 55.1. The van der Waals surface area contributed by atoms with Gasteiger partial charge in [-0.15, -0.1) is 0 Å². The predicted molar refractivity (Wildman–Crippen MR) is 298 cm³/mol. The van der Waals surface area contributed by atoms with E-state index in [1.54, 1.807) is 0 Å². The molecule has 10 heteroatoms. The standard InChI is InChI=1S/C34H60O5.C31H54O5/c1-9-32(5,6)31(35)38-25-17-19-33(7)24(21-25)12-13-26-28-15-14-27(34(28,8)20-18-29(26)33)22(3)11-16-30(39-36)23(4)37-10-2;1-8-29(4,5)28(33)35-22-15-16-30(6)21(17-22)11-12-23-25-14-13-24(19(2)9-10-20(3)36-34)31(25,7)27(32)18-26(23)30/h22-30,36H,9-21H2,1-8H3;19-27,32,34H,8-18H2,1-7H3. The molecular weight excluding hydrogens is 941 g/mol. The molecule has 0 aromatic carbocycles. The minimum Gasteiger partial charge on any atom is -0.462 e. The molecule has 0 aromatic heterocycles. The van der Waals surface area contributed by atoms with Crippen molar-refractivity contribution in [3.63, 3.8) is 0 Å². The molecule has 8 rings (SSSR count). The van der Waals surface area contributed by atoms with Crippen molar-refractivity contribution in [1.29, 1.82) is 0 Å². The van der Waals surface area contributed by atoms with Gasteiger partial charge in [0.05, 0.1) is 29.1 Å². The van der Waals surface area contributed by atoms with Gasteiger partial charge in [-0.05, 0) is 289 Å². The molecule has 0 amide bonds. The highest BCUT2D eigenvalue weighted by Gasteiger charge is 2.65. The fraction of sp³-hybridized carbons (Fsp3) is 0.969. The summed E-state index contributed by atoms with van der Waals surface area (Å²) in [4.78, 5) is 34.9. The highest BCUT2D eigenvalue weighted by atomic mass is 17.1. The maximum atomic E-state index is 12.8. The van der Waals surface area contributed by atoms with Crippen LogP contribution in [-0.4, -0.2) is 70.8 Å². The second-order valence-corrected chi connectivity index (χ2v) is 29.8. The summed E-state index contributed by atoms with van der Waals surface area (Å²) in [5.74, 6) is 8.08. The average molecular weight is 1060 g/mol. The first-order valence-electron chi connectivity index (χ1n) is 31.6. The van der Waals surface area contributed by atoms with Crippen LogP contribution >= 0.6 is 0 Å². The molecule has 0 saturated heterocycles. The van der Waals surface area contributed by atoms with E-state index in [2.05, 4.69) is 60.3 Å². The van der Waals surface area contributed by atoms with Crippen LogP contribution in [0.25, 0.3) is 0 Å². The summed E-state index contributed by atoms with van der Waals surface area (Å²) in [6.07, 6.45) is 25.3. The molecule has 22 unspecified atom stereocenters. The number of rotatable bonds is 19. The largest absolute Gasteiger partial charge is 0.462 e. The molecule has 8 aliphatic carbocycles. The Labute approximate surface area is 457 Å². The molecule has 0 heterocycles. The molecule has 8 saturated carbocycles. The summed E-state index contributed by atoms with van der Waals surface area (Å²) >= 11 is 0. The summed E-state index contributed by atoms with van der Waals surface area (Å²) in [5.41, 5.74) is 0.282. The number of aliphatic hydroxyl groups is 1. The third kappa shape index (κ3) is 12.0. The van der Waals surface area contributed by atoms with Crippen LogP contribution in [0.2, 0.25) is 0 Å². The van der Waals surface area contributed by atoms with Crippen LogP contribution in [0.15, 0.2) is 0 Å². The van der Waals surface area contributed by atoms with Gasteiger partial charge < -0.3 is 19.3 Å². The van der Waals surface area contributed by atoms with E-state index >= 15 is 0 Å². The highest BCUT2D eigenvalue weighted by Crippen LogP contribution is 2.70. The lowest BCUT2D eigenvalue weighted by molar-refractivity contribution is -0.300. The zero-order valence-electron chi connectivity index (χ0n) is 50.6. The van der Waals surface area contributed by atoms with Crippen molar-refractivity contribution in [2.75, 3.05) is 6.61 Å². The number of hydrogen-bond acceptors (Lipinski definition) is 10. The number of carbonyl (C=O) groups excluding carboxylic acids is 2. The number of esters is 2. The van der Waals surface area contributed by atoms with Gasteiger partial charge in [0.15, 0.2) is 0 Å². The van der Waals surface area contributed by atoms with Gasteiger partial charge in [-0.1, -0.05) is 55.4 Å². The minimum absolute atomic E-state index is 0.00365. The van der Waals surface area contributed by atoms with E-state index in [0.29, 0.717) is 64.8 Å². The van der Waals surface area contributed by atoms with Gasteiger partial charge in [0, 0.05) is 6.61 Å². The third-order valence-corrected chi connectivity index (χ3v) is 25.5. The Morgan fingerprint density at radius 3 is 1.56 bits per heavy atom. The normalized spacial score (nSPS) is 42.3. The number of aliphatic hydroxyl groups excluding tert-OH is 1. The van der Waals surface area contributed by atoms with E-state index in [4.69, 9.17) is 24.4 Å². The molecule has 8 aliphatic rings. The van der Waals surface area contributed by atoms with Crippen LogP contribution in [0.4, 0.5) is 0 Å². The van der Waals surface area contributed by atoms with Gasteiger partial charge in [-0.3, -0.25) is 20.1 Å². The Morgan fingerprint density at radius 2 is 1.03 bits per heavy atom. The molecule has 434 valence electrons. The van der Waals surface area contributed by atoms with E-state index in [-0.39, 0.29) is 64.8 Å². The van der Waals surface area contributed by atoms with Gasteiger partial charge in [0.25, 0.3) is 0 Å². The maximum Gasteiger partial charge on any atom is 0.311 e. The molecule has 0 aromatic rings. The molecule has 0 aliphatic heterocycles. The Bertz CT molecular complexity index is 1870. The Morgan fingerprint density at radius 1 is 0.547 bits per heavy atom. The van der Waals surface area contributed by atoms with E-state index in [1.165, 1.54) is 70.6 Å². The lowest BCUT2D eigenvalue weighted by Gasteiger charge is -2.62. The zero-order valence-corrected chi connectivity index (χ0v) is 50.6. The quantitative estimate of drug-likeness (QED) is 0.0650. The number of carbonyl (C=O) groups is 2. The molecule has 75 heavy (non-hydrogen) atoms. The summed E-state index contributed by atoms with van der Waals surface area (Å²) in [7, 11) is 0. The number of ether oxygens (including phenoxy) is 3. The molecule has 8 fully saturated rings. The Kier molecular flexibility index (Phi) is 20.0. The van der Waals surface area contributed by atoms with Gasteiger partial charge in [0.2, 0.25) is 0 Å². The fourth-order valence-corrected chi connectivity index (χ4v) is 19.6. The molecular formula is C65H114O10. The first-order valence-corrected chi connectivity index (χ1v) is 31.6. The number of fused-ring (bicyclic) bond motifs is 10. The van der Waals surface area contributed by atoms with Crippen LogP contribution in [0, 0.1) is 104 Å². The van der Waals surface area contributed by atoms with Crippen molar-refractivity contribution >= 4 is 11.9 Å². The van der Waals surface area contributed by atoms with E-state index in [9.17, 15) is 20.0 Å². The monoisotopic (exact) mass is 1050 g/mol. The highest BCUT2D eigenvalue weighted by molar-refractivity contribution is 5.76. The van der Waals surface area contributed by atoms with E-state index < -0.39 is 5.41 Å². The predicted octanol–water partition coefficient (Wildman–Crippen LogP) is 16.0. The van der Waals surface area contributed by atoms with E-state index in [0.717, 1.165) is 101 Å². The van der Waals surface area contributed by atoms with Crippen molar-refractivity contribution < 1.29 is 49.2 Å². The number of hydrogen-bond donors (Lipinski definition) is 3. The first kappa shape index (κ1) is 61.3. The molecule has 22 atom stereocenters. The molecule has 0 radical (unpaired) electrons.